The summed E-state index contributed by atoms with van der Waals surface area (Å²) in [5, 5.41) is 0. The molecule has 0 unspecified atom stereocenters. The molecule has 0 amide bonds. The van der Waals surface area contributed by atoms with Gasteiger partial charge in [-0.2, -0.15) is 0 Å². The van der Waals surface area contributed by atoms with Gasteiger partial charge in [0.2, 0.25) is 0 Å². The van der Waals surface area contributed by atoms with E-state index in [-0.39, 0.29) is 5.78 Å². The molecule has 0 saturated carbocycles. The van der Waals surface area contributed by atoms with Crippen molar-refractivity contribution in [3.63, 3.8) is 0 Å². The van der Waals surface area contributed by atoms with Crippen molar-refractivity contribution in [2.75, 3.05) is 0 Å². The van der Waals surface area contributed by atoms with E-state index in [1.165, 1.54) is 0 Å². The van der Waals surface area contributed by atoms with Gasteiger partial charge >= 0.3 is 0 Å². The van der Waals surface area contributed by atoms with Crippen LogP contribution < -0.4 is 0 Å². The molecule has 0 radical (unpaired) electrons. The van der Waals surface area contributed by atoms with Crippen LogP contribution in [0.1, 0.15) is 28.6 Å². The monoisotopic (exact) mass is 232 g/mol. The van der Waals surface area contributed by atoms with E-state index in [1.54, 1.807) is 11.3 Å². The van der Waals surface area contributed by atoms with Crippen LogP contribution in [0.15, 0.2) is 9.85 Å². The van der Waals surface area contributed by atoms with Crippen LogP contribution in [-0.2, 0) is 0 Å². The highest BCUT2D eigenvalue weighted by Gasteiger charge is 2.09. The van der Waals surface area contributed by atoms with Crippen molar-refractivity contribution < 1.29 is 4.79 Å². The molecule has 0 bridgehead atoms. The molecule has 0 aliphatic carbocycles. The fourth-order valence-corrected chi connectivity index (χ4v) is 2.62. The second-order valence-corrected chi connectivity index (χ2v) is 4.93. The summed E-state index contributed by atoms with van der Waals surface area (Å²) in [6.45, 7) is 3.85. The van der Waals surface area contributed by atoms with Gasteiger partial charge in [-0.05, 0) is 28.9 Å². The van der Waals surface area contributed by atoms with Gasteiger partial charge in [-0.15, -0.1) is 11.3 Å². The lowest BCUT2D eigenvalue weighted by Gasteiger charge is -1.92. The number of hydrogen-bond donors (Lipinski definition) is 0. The van der Waals surface area contributed by atoms with E-state index in [2.05, 4.69) is 15.9 Å². The second kappa shape index (κ2) is 3.50. The van der Waals surface area contributed by atoms with Crippen LogP contribution in [-0.4, -0.2) is 5.78 Å². The highest BCUT2D eigenvalue weighted by Crippen LogP contribution is 2.26. The third-order valence-corrected chi connectivity index (χ3v) is 3.06. The molecule has 1 rings (SSSR count). The summed E-state index contributed by atoms with van der Waals surface area (Å²) >= 11 is 4.96. The molecule has 60 valence electrons. The summed E-state index contributed by atoms with van der Waals surface area (Å²) in [6, 6.07) is 1.89. The quantitative estimate of drug-likeness (QED) is 0.715. The topological polar surface area (TPSA) is 17.1 Å². The van der Waals surface area contributed by atoms with E-state index in [4.69, 9.17) is 0 Å². The summed E-state index contributed by atoms with van der Waals surface area (Å²) < 4.78 is 1.03. The Bertz CT molecular complexity index is 278. The molecule has 1 aromatic heterocycles. The van der Waals surface area contributed by atoms with Crippen molar-refractivity contribution >= 4 is 33.0 Å². The molecule has 3 heteroatoms. The summed E-state index contributed by atoms with van der Waals surface area (Å²) in [6.07, 6.45) is 0.587. The number of rotatable bonds is 2. The number of carbonyl (C=O) groups is 1. The molecule has 0 aliphatic rings. The summed E-state index contributed by atoms with van der Waals surface area (Å²) in [5.74, 6) is 0.226. The number of hydrogen-bond acceptors (Lipinski definition) is 2. The van der Waals surface area contributed by atoms with Gasteiger partial charge in [-0.1, -0.05) is 6.92 Å². The van der Waals surface area contributed by atoms with Crippen molar-refractivity contribution in [1.29, 1.82) is 0 Å². The smallest absolute Gasteiger partial charge is 0.163 e. The first-order valence-corrected chi connectivity index (χ1v) is 5.05. The highest BCUT2D eigenvalue weighted by molar-refractivity contribution is 9.11. The van der Waals surface area contributed by atoms with Crippen LogP contribution in [0.5, 0.6) is 0 Å². The summed E-state index contributed by atoms with van der Waals surface area (Å²) in [7, 11) is 0. The molecule has 0 N–H and O–H groups in total. The molecular weight excluding hydrogens is 224 g/mol. The molecule has 1 heterocycles. The minimum Gasteiger partial charge on any atom is -0.294 e. The number of halogens is 1. The molecule has 0 spiro atoms. The molecular formula is C8H9BrOS. The van der Waals surface area contributed by atoms with Crippen LogP contribution in [0.25, 0.3) is 0 Å². The van der Waals surface area contributed by atoms with Crippen molar-refractivity contribution in [2.45, 2.75) is 20.3 Å². The molecule has 1 nitrogen and oxygen atoms in total. The minimum absolute atomic E-state index is 0.226. The van der Waals surface area contributed by atoms with E-state index in [0.29, 0.717) is 6.42 Å². The average molecular weight is 233 g/mol. The molecule has 0 saturated heterocycles. The normalized spacial score (nSPS) is 10.1. The third kappa shape index (κ3) is 1.91. The lowest BCUT2D eigenvalue weighted by atomic mass is 10.1. The summed E-state index contributed by atoms with van der Waals surface area (Å²) in [4.78, 5) is 12.3. The maximum Gasteiger partial charge on any atom is 0.163 e. The number of Topliss-reactive ketones (excluding diaryl/α,β-unsaturated/α-hetero) is 1. The predicted octanol–water partition coefficient (Wildman–Crippen LogP) is 3.41. The number of aryl methyl sites for hydroxylation is 1. The van der Waals surface area contributed by atoms with Crippen LogP contribution in [0.4, 0.5) is 0 Å². The highest BCUT2D eigenvalue weighted by atomic mass is 79.9. The van der Waals surface area contributed by atoms with E-state index < -0.39 is 0 Å². The van der Waals surface area contributed by atoms with Gasteiger partial charge in [0.25, 0.3) is 0 Å². The Morgan fingerprint density at radius 1 is 1.73 bits per heavy atom. The molecule has 1 aromatic rings. The number of ketones is 1. The molecule has 0 fully saturated rings. The van der Waals surface area contributed by atoms with E-state index >= 15 is 0 Å². The van der Waals surface area contributed by atoms with Gasteiger partial charge < -0.3 is 0 Å². The molecule has 0 aliphatic heterocycles. The Labute approximate surface area is 78.6 Å². The fourth-order valence-electron chi connectivity index (χ4n) is 0.913. The lowest BCUT2D eigenvalue weighted by Crippen LogP contribution is -1.95. The third-order valence-electron chi connectivity index (χ3n) is 1.51. The van der Waals surface area contributed by atoms with Gasteiger partial charge in [-0.25, -0.2) is 0 Å². The Hall–Kier alpha value is -0.150. The molecule has 0 atom stereocenters. The first-order valence-electron chi connectivity index (χ1n) is 3.44. The second-order valence-electron chi connectivity index (χ2n) is 2.30. The van der Waals surface area contributed by atoms with Crippen molar-refractivity contribution in [1.82, 2.24) is 0 Å². The molecule has 0 aromatic carbocycles. The molecule has 11 heavy (non-hydrogen) atoms. The van der Waals surface area contributed by atoms with E-state index in [0.717, 1.165) is 14.2 Å². The van der Waals surface area contributed by atoms with Gasteiger partial charge in [0.15, 0.2) is 5.78 Å². The Kier molecular flexibility index (Phi) is 2.84. The van der Waals surface area contributed by atoms with Gasteiger partial charge in [0.05, 0.1) is 3.79 Å². The zero-order valence-electron chi connectivity index (χ0n) is 6.48. The maximum atomic E-state index is 11.2. The standard InChI is InChI=1S/C8H9BrOS/c1-3-7(10)6-4-8(9)11-5(6)2/h4H,3H2,1-2H3. The zero-order chi connectivity index (χ0) is 8.43. The van der Waals surface area contributed by atoms with Gasteiger partial charge in [0, 0.05) is 16.9 Å². The predicted molar refractivity (Wildman–Crippen MR) is 51.4 cm³/mol. The summed E-state index contributed by atoms with van der Waals surface area (Å²) in [5.41, 5.74) is 0.865. The van der Waals surface area contributed by atoms with Crippen LogP contribution >= 0.6 is 27.3 Å². The first-order chi connectivity index (χ1) is 5.15. The van der Waals surface area contributed by atoms with Crippen LogP contribution in [0.3, 0.4) is 0 Å². The van der Waals surface area contributed by atoms with Crippen molar-refractivity contribution in [3.05, 3.63) is 20.3 Å². The zero-order valence-corrected chi connectivity index (χ0v) is 8.88. The van der Waals surface area contributed by atoms with Crippen molar-refractivity contribution in [3.8, 4) is 0 Å². The van der Waals surface area contributed by atoms with Gasteiger partial charge in [-0.3, -0.25) is 4.79 Å². The minimum atomic E-state index is 0.226. The first kappa shape index (κ1) is 8.94. The SMILES string of the molecule is CCC(=O)c1cc(Br)sc1C. The largest absolute Gasteiger partial charge is 0.294 e. The van der Waals surface area contributed by atoms with Crippen LogP contribution in [0.2, 0.25) is 0 Å². The average Bonchev–Trinajstić information content (AvgIpc) is 2.28. The Morgan fingerprint density at radius 3 is 2.73 bits per heavy atom. The Morgan fingerprint density at radius 2 is 2.36 bits per heavy atom. The fraction of sp³-hybridized carbons (Fsp3) is 0.375. The number of thiophene rings is 1. The Balaban J connectivity index is 3.03. The maximum absolute atomic E-state index is 11.2. The van der Waals surface area contributed by atoms with Crippen molar-refractivity contribution in [2.24, 2.45) is 0 Å². The van der Waals surface area contributed by atoms with Gasteiger partial charge in [0.1, 0.15) is 0 Å². The van der Waals surface area contributed by atoms with E-state index in [1.807, 2.05) is 19.9 Å². The lowest BCUT2D eigenvalue weighted by molar-refractivity contribution is 0.0988. The van der Waals surface area contributed by atoms with Crippen LogP contribution in [0, 0.1) is 6.92 Å². The van der Waals surface area contributed by atoms with E-state index in [9.17, 15) is 4.79 Å². The number of carbonyl (C=O) groups excluding carboxylic acids is 1.